The minimum atomic E-state index is -4.43. The Kier molecular flexibility index (Phi) is 6.02. The number of carbonyl (C=O) groups excluding carboxylic acids is 1. The Bertz CT molecular complexity index is 1120. The van der Waals surface area contributed by atoms with Gasteiger partial charge in [0, 0.05) is 13.6 Å². The fraction of sp³-hybridized carbons (Fsp3) is 0.190. The van der Waals surface area contributed by atoms with Crippen LogP contribution in [-0.2, 0) is 28.3 Å². The second-order valence-corrected chi connectivity index (χ2v) is 8.68. The monoisotopic (exact) mass is 437 g/mol. The third kappa shape index (κ3) is 5.10. The lowest BCUT2D eigenvalue weighted by Crippen LogP contribution is -2.25. The molecule has 0 fully saturated rings. The Morgan fingerprint density at radius 1 is 0.967 bits per heavy atom. The first-order valence-corrected chi connectivity index (χ1v) is 10.5. The lowest BCUT2D eigenvalue weighted by molar-refractivity contribution is -0.137. The predicted molar refractivity (Wildman–Crippen MR) is 103 cm³/mol. The summed E-state index contributed by atoms with van der Waals surface area (Å²) >= 11 is 0. The van der Waals surface area contributed by atoms with Crippen LogP contribution in [0.5, 0.6) is 0 Å². The van der Waals surface area contributed by atoms with E-state index in [1.165, 1.54) is 48.3 Å². The average Bonchev–Trinajstić information content (AvgIpc) is 3.15. The number of hydrogen-bond acceptors (Lipinski definition) is 4. The first-order chi connectivity index (χ1) is 14.1. The Morgan fingerprint density at radius 2 is 1.60 bits per heavy atom. The molecule has 0 aliphatic heterocycles. The molecule has 30 heavy (non-hydrogen) atoms. The highest BCUT2D eigenvalue weighted by molar-refractivity contribution is 7.90. The lowest BCUT2D eigenvalue weighted by Gasteiger charge is -2.16. The van der Waals surface area contributed by atoms with Gasteiger partial charge in [-0.1, -0.05) is 30.3 Å². The Morgan fingerprint density at radius 3 is 2.20 bits per heavy atom. The normalized spacial score (nSPS) is 12.0. The maximum atomic E-state index is 12.6. The molecule has 1 aromatic heterocycles. The van der Waals surface area contributed by atoms with Crippen molar-refractivity contribution in [2.24, 2.45) is 0 Å². The summed E-state index contributed by atoms with van der Waals surface area (Å²) in [5.41, 5.74) is -0.257. The molecule has 3 rings (SSSR count). The average molecular weight is 437 g/mol. The zero-order valence-electron chi connectivity index (χ0n) is 15.9. The molecule has 0 unspecified atom stereocenters. The van der Waals surface area contributed by atoms with E-state index in [9.17, 15) is 26.4 Å². The predicted octanol–water partition coefficient (Wildman–Crippen LogP) is 4.54. The Labute approximate surface area is 171 Å². The van der Waals surface area contributed by atoms with E-state index in [1.54, 1.807) is 18.2 Å². The molecule has 3 aromatic rings. The largest absolute Gasteiger partial charge is 0.455 e. The minimum Gasteiger partial charge on any atom is -0.455 e. The summed E-state index contributed by atoms with van der Waals surface area (Å²) in [5, 5.41) is 0. The van der Waals surface area contributed by atoms with Gasteiger partial charge in [-0.25, -0.2) is 8.42 Å². The van der Waals surface area contributed by atoms with E-state index >= 15 is 0 Å². The molecule has 0 saturated heterocycles. The van der Waals surface area contributed by atoms with Gasteiger partial charge in [-0.2, -0.15) is 13.2 Å². The molecule has 158 valence electrons. The van der Waals surface area contributed by atoms with Gasteiger partial charge in [0.05, 0.1) is 10.5 Å². The molecule has 0 saturated carbocycles. The van der Waals surface area contributed by atoms with Gasteiger partial charge in [0.1, 0.15) is 11.5 Å². The highest BCUT2D eigenvalue weighted by atomic mass is 32.2. The van der Waals surface area contributed by atoms with E-state index in [0.717, 1.165) is 12.1 Å². The van der Waals surface area contributed by atoms with Crippen molar-refractivity contribution in [3.63, 3.8) is 0 Å². The number of alkyl halides is 3. The van der Waals surface area contributed by atoms with Crippen LogP contribution in [0.2, 0.25) is 0 Å². The molecule has 9 heteroatoms. The van der Waals surface area contributed by atoms with Crippen LogP contribution in [-0.4, -0.2) is 26.3 Å². The first-order valence-electron chi connectivity index (χ1n) is 8.84. The molecule has 0 atom stereocenters. The van der Waals surface area contributed by atoms with E-state index in [-0.39, 0.29) is 23.0 Å². The molecule has 1 amide bonds. The van der Waals surface area contributed by atoms with Crippen molar-refractivity contribution < 1.29 is 30.8 Å². The molecule has 5 nitrogen and oxygen atoms in total. The van der Waals surface area contributed by atoms with Gasteiger partial charge in [-0.05, 0) is 42.0 Å². The summed E-state index contributed by atoms with van der Waals surface area (Å²) in [7, 11) is -2.15. The quantitative estimate of drug-likeness (QED) is 0.568. The van der Waals surface area contributed by atoms with Crippen molar-refractivity contribution in [3.05, 3.63) is 89.4 Å². The number of furan rings is 1. The van der Waals surface area contributed by atoms with Gasteiger partial charge in [-0.15, -0.1) is 0 Å². The first kappa shape index (κ1) is 21.6. The van der Waals surface area contributed by atoms with Crippen LogP contribution in [0, 0.1) is 0 Å². The second kappa shape index (κ2) is 8.35. The smallest absolute Gasteiger partial charge is 0.416 e. The van der Waals surface area contributed by atoms with E-state index in [0.29, 0.717) is 5.56 Å². The molecule has 2 aromatic carbocycles. The van der Waals surface area contributed by atoms with Gasteiger partial charge in [0.25, 0.3) is 5.91 Å². The molecule has 0 aliphatic carbocycles. The fourth-order valence-electron chi connectivity index (χ4n) is 2.80. The fourth-order valence-corrected chi connectivity index (χ4v) is 4.07. The number of carbonyl (C=O) groups is 1. The van der Waals surface area contributed by atoms with Gasteiger partial charge in [0.2, 0.25) is 0 Å². The maximum absolute atomic E-state index is 12.6. The summed E-state index contributed by atoms with van der Waals surface area (Å²) in [4.78, 5) is 13.9. The van der Waals surface area contributed by atoms with Crippen molar-refractivity contribution in [2.45, 2.75) is 23.4 Å². The van der Waals surface area contributed by atoms with E-state index in [1.807, 2.05) is 0 Å². The Hall–Kier alpha value is -3.07. The van der Waals surface area contributed by atoms with Crippen molar-refractivity contribution >= 4 is 15.7 Å². The SMILES string of the molecule is CN(Cc1ccc(C(F)(F)F)cc1)C(=O)c1ccc(CS(=O)(=O)c2ccccc2)o1. The molecular formula is C21H18F3NO4S. The van der Waals surface area contributed by atoms with Crippen molar-refractivity contribution in [2.75, 3.05) is 7.05 Å². The molecule has 0 radical (unpaired) electrons. The maximum Gasteiger partial charge on any atom is 0.416 e. The van der Waals surface area contributed by atoms with Gasteiger partial charge in [-0.3, -0.25) is 4.79 Å². The summed E-state index contributed by atoms with van der Waals surface area (Å²) in [6, 6.07) is 15.2. The highest BCUT2D eigenvalue weighted by Gasteiger charge is 2.30. The highest BCUT2D eigenvalue weighted by Crippen LogP contribution is 2.29. The van der Waals surface area contributed by atoms with E-state index in [4.69, 9.17) is 4.42 Å². The summed E-state index contributed by atoms with van der Waals surface area (Å²) < 4.78 is 68.2. The topological polar surface area (TPSA) is 67.6 Å². The van der Waals surface area contributed by atoms with Crippen LogP contribution in [0.3, 0.4) is 0 Å². The number of sulfone groups is 1. The second-order valence-electron chi connectivity index (χ2n) is 6.69. The minimum absolute atomic E-state index is 0.0531. The van der Waals surface area contributed by atoms with Gasteiger partial charge < -0.3 is 9.32 Å². The van der Waals surface area contributed by atoms with Gasteiger partial charge >= 0.3 is 6.18 Å². The van der Waals surface area contributed by atoms with E-state index in [2.05, 4.69) is 0 Å². The molecule has 1 heterocycles. The van der Waals surface area contributed by atoms with E-state index < -0.39 is 33.2 Å². The lowest BCUT2D eigenvalue weighted by atomic mass is 10.1. The van der Waals surface area contributed by atoms with Crippen LogP contribution < -0.4 is 0 Å². The number of benzene rings is 2. The van der Waals surface area contributed by atoms with Crippen molar-refractivity contribution in [3.8, 4) is 0 Å². The summed E-state index contributed by atoms with van der Waals surface area (Å²) in [5.74, 6) is -0.849. The van der Waals surface area contributed by atoms with Gasteiger partial charge in [0.15, 0.2) is 15.6 Å². The molecule has 0 bridgehead atoms. The standard InChI is InChI=1S/C21H18F3NO4S/c1-25(13-15-7-9-16(10-8-15)21(22,23)24)20(26)19-12-11-17(29-19)14-30(27,28)18-5-3-2-4-6-18/h2-12H,13-14H2,1H3. The summed E-state index contributed by atoms with van der Waals surface area (Å²) in [6.07, 6.45) is -4.43. The third-order valence-electron chi connectivity index (χ3n) is 4.35. The van der Waals surface area contributed by atoms with Crippen molar-refractivity contribution in [1.29, 1.82) is 0 Å². The molecule has 0 aliphatic rings. The van der Waals surface area contributed by atoms with Crippen LogP contribution in [0.1, 0.15) is 27.4 Å². The number of halogens is 3. The van der Waals surface area contributed by atoms with Crippen LogP contribution >= 0.6 is 0 Å². The molecule has 0 spiro atoms. The third-order valence-corrected chi connectivity index (χ3v) is 6.01. The number of nitrogens with zero attached hydrogens (tertiary/aromatic N) is 1. The number of rotatable bonds is 6. The molecule has 0 N–H and O–H groups in total. The zero-order valence-corrected chi connectivity index (χ0v) is 16.7. The van der Waals surface area contributed by atoms with Crippen LogP contribution in [0.25, 0.3) is 0 Å². The van der Waals surface area contributed by atoms with Crippen LogP contribution in [0.15, 0.2) is 76.0 Å². The Balaban J connectivity index is 1.67. The number of amides is 1. The van der Waals surface area contributed by atoms with Crippen LogP contribution in [0.4, 0.5) is 13.2 Å². The van der Waals surface area contributed by atoms with Crippen molar-refractivity contribution in [1.82, 2.24) is 4.90 Å². The zero-order chi connectivity index (χ0) is 21.9. The molecular weight excluding hydrogens is 419 g/mol. The summed E-state index contributed by atoms with van der Waals surface area (Å²) in [6.45, 7) is 0.0648. The number of hydrogen-bond donors (Lipinski definition) is 0.